The maximum atomic E-state index is 6.10. The Hall–Kier alpha value is -0.880. The molecule has 20 heavy (non-hydrogen) atoms. The minimum absolute atomic E-state index is 0.459. The average molecular weight is 303 g/mol. The summed E-state index contributed by atoms with van der Waals surface area (Å²) in [6.45, 7) is 5.83. The minimum Gasteiger partial charge on any atom is -0.475 e. The Morgan fingerprint density at radius 2 is 2.00 bits per heavy atom. The van der Waals surface area contributed by atoms with E-state index in [9.17, 15) is 0 Å². The predicted octanol–water partition coefficient (Wildman–Crippen LogP) is 2.28. The fourth-order valence-electron chi connectivity index (χ4n) is 1.50. The quantitative estimate of drug-likeness (QED) is 0.636. The van der Waals surface area contributed by atoms with Crippen molar-refractivity contribution in [3.8, 4) is 5.88 Å². The Kier molecular flexibility index (Phi) is 9.32. The van der Waals surface area contributed by atoms with Crippen LogP contribution in [0.15, 0.2) is 12.1 Å². The third-order valence-corrected chi connectivity index (χ3v) is 2.87. The van der Waals surface area contributed by atoms with Crippen LogP contribution >= 0.6 is 11.6 Å². The van der Waals surface area contributed by atoms with Crippen LogP contribution in [0.5, 0.6) is 5.88 Å². The van der Waals surface area contributed by atoms with Crippen LogP contribution in [0.2, 0.25) is 5.02 Å². The molecule has 0 aromatic carbocycles. The van der Waals surface area contributed by atoms with E-state index in [1.54, 1.807) is 19.2 Å². The SMILES string of the molecule is CCCNCc1nc(OCCOCCOC)ccc1Cl. The molecule has 1 heterocycles. The molecule has 1 rings (SSSR count). The first-order valence-electron chi connectivity index (χ1n) is 6.83. The number of rotatable bonds is 11. The van der Waals surface area contributed by atoms with Gasteiger partial charge in [-0.2, -0.15) is 0 Å². The molecule has 0 saturated carbocycles. The molecular weight excluding hydrogens is 280 g/mol. The van der Waals surface area contributed by atoms with E-state index in [0.717, 1.165) is 18.7 Å². The van der Waals surface area contributed by atoms with Gasteiger partial charge in [0.1, 0.15) is 6.61 Å². The summed E-state index contributed by atoms with van der Waals surface area (Å²) in [5.74, 6) is 0.568. The number of halogens is 1. The van der Waals surface area contributed by atoms with Gasteiger partial charge in [0.15, 0.2) is 0 Å². The third kappa shape index (κ3) is 7.05. The fraction of sp³-hybridized carbons (Fsp3) is 0.643. The van der Waals surface area contributed by atoms with Crippen LogP contribution in [-0.2, 0) is 16.0 Å². The van der Waals surface area contributed by atoms with Crippen LogP contribution < -0.4 is 10.1 Å². The van der Waals surface area contributed by atoms with Gasteiger partial charge in [0.2, 0.25) is 5.88 Å². The van der Waals surface area contributed by atoms with Gasteiger partial charge < -0.3 is 19.5 Å². The summed E-state index contributed by atoms with van der Waals surface area (Å²) in [7, 11) is 1.64. The third-order valence-electron chi connectivity index (χ3n) is 2.52. The van der Waals surface area contributed by atoms with Crippen molar-refractivity contribution in [2.24, 2.45) is 0 Å². The molecule has 114 valence electrons. The van der Waals surface area contributed by atoms with Gasteiger partial charge in [-0.05, 0) is 19.0 Å². The van der Waals surface area contributed by atoms with Crippen molar-refractivity contribution >= 4 is 11.6 Å². The standard InChI is InChI=1S/C14H23ClN2O3/c1-3-6-16-11-13-12(15)4-5-14(17-13)20-10-9-19-8-7-18-2/h4-5,16H,3,6-11H2,1-2H3. The van der Waals surface area contributed by atoms with Gasteiger partial charge in [-0.25, -0.2) is 4.98 Å². The summed E-state index contributed by atoms with van der Waals surface area (Å²) >= 11 is 6.10. The van der Waals surface area contributed by atoms with Gasteiger partial charge in [-0.15, -0.1) is 0 Å². The Morgan fingerprint density at radius 1 is 1.20 bits per heavy atom. The first kappa shape index (κ1) is 17.2. The number of nitrogens with zero attached hydrogens (tertiary/aromatic N) is 1. The zero-order chi connectivity index (χ0) is 14.6. The number of ether oxygens (including phenoxy) is 3. The van der Waals surface area contributed by atoms with Gasteiger partial charge in [0, 0.05) is 19.7 Å². The van der Waals surface area contributed by atoms with E-state index in [-0.39, 0.29) is 0 Å². The second-order valence-electron chi connectivity index (χ2n) is 4.21. The normalized spacial score (nSPS) is 10.8. The molecule has 0 aliphatic heterocycles. The lowest BCUT2D eigenvalue weighted by atomic mass is 10.3. The summed E-state index contributed by atoms with van der Waals surface area (Å²) in [6.07, 6.45) is 1.08. The molecule has 0 bridgehead atoms. The summed E-state index contributed by atoms with van der Waals surface area (Å²) < 4.78 is 15.7. The molecular formula is C14H23ClN2O3. The highest BCUT2D eigenvalue weighted by Gasteiger charge is 2.04. The molecule has 0 amide bonds. The number of nitrogens with one attached hydrogen (secondary N) is 1. The molecule has 5 nitrogen and oxygen atoms in total. The number of aromatic nitrogens is 1. The van der Waals surface area contributed by atoms with Crippen LogP contribution in [0, 0.1) is 0 Å². The topological polar surface area (TPSA) is 52.6 Å². The molecule has 0 saturated heterocycles. The predicted molar refractivity (Wildman–Crippen MR) is 79.4 cm³/mol. The van der Waals surface area contributed by atoms with Crippen LogP contribution in [0.1, 0.15) is 19.0 Å². The van der Waals surface area contributed by atoms with Gasteiger partial charge in [0.05, 0.1) is 30.5 Å². The maximum absolute atomic E-state index is 6.10. The Balaban J connectivity index is 2.32. The monoisotopic (exact) mass is 302 g/mol. The highest BCUT2D eigenvalue weighted by Crippen LogP contribution is 2.17. The highest BCUT2D eigenvalue weighted by atomic mass is 35.5. The van der Waals surface area contributed by atoms with Crippen LogP contribution in [0.4, 0.5) is 0 Å². The van der Waals surface area contributed by atoms with Crippen LogP contribution in [0.25, 0.3) is 0 Å². The van der Waals surface area contributed by atoms with E-state index in [1.165, 1.54) is 0 Å². The molecule has 0 aliphatic rings. The largest absolute Gasteiger partial charge is 0.475 e. The summed E-state index contributed by atoms with van der Waals surface area (Å²) in [5.41, 5.74) is 0.804. The molecule has 0 fully saturated rings. The molecule has 0 atom stereocenters. The maximum Gasteiger partial charge on any atom is 0.213 e. The van der Waals surface area contributed by atoms with Crippen molar-refractivity contribution in [1.29, 1.82) is 0 Å². The van der Waals surface area contributed by atoms with Crippen molar-refractivity contribution < 1.29 is 14.2 Å². The lowest BCUT2D eigenvalue weighted by Gasteiger charge is -2.09. The lowest BCUT2D eigenvalue weighted by Crippen LogP contribution is -2.16. The van der Waals surface area contributed by atoms with Crippen molar-refractivity contribution in [2.45, 2.75) is 19.9 Å². The second-order valence-corrected chi connectivity index (χ2v) is 4.62. The first-order chi connectivity index (χ1) is 9.77. The van der Waals surface area contributed by atoms with Gasteiger partial charge >= 0.3 is 0 Å². The fourth-order valence-corrected chi connectivity index (χ4v) is 1.67. The van der Waals surface area contributed by atoms with Gasteiger partial charge in [0.25, 0.3) is 0 Å². The molecule has 0 radical (unpaired) electrons. The van der Waals surface area contributed by atoms with E-state index in [0.29, 0.717) is 43.9 Å². The molecule has 0 unspecified atom stereocenters. The number of pyridine rings is 1. The minimum atomic E-state index is 0.459. The zero-order valence-electron chi connectivity index (χ0n) is 12.2. The molecule has 0 spiro atoms. The zero-order valence-corrected chi connectivity index (χ0v) is 12.9. The van der Waals surface area contributed by atoms with Gasteiger partial charge in [-0.3, -0.25) is 0 Å². The van der Waals surface area contributed by atoms with E-state index in [2.05, 4.69) is 17.2 Å². The van der Waals surface area contributed by atoms with E-state index in [1.807, 2.05) is 0 Å². The molecule has 0 aliphatic carbocycles. The van der Waals surface area contributed by atoms with Crippen LogP contribution in [0.3, 0.4) is 0 Å². The molecule has 1 N–H and O–H groups in total. The van der Waals surface area contributed by atoms with E-state index < -0.39 is 0 Å². The van der Waals surface area contributed by atoms with Crippen molar-refractivity contribution in [3.63, 3.8) is 0 Å². The van der Waals surface area contributed by atoms with E-state index in [4.69, 9.17) is 25.8 Å². The average Bonchev–Trinajstić information content (AvgIpc) is 2.46. The van der Waals surface area contributed by atoms with E-state index >= 15 is 0 Å². The Bertz CT molecular complexity index is 377. The van der Waals surface area contributed by atoms with Gasteiger partial charge in [-0.1, -0.05) is 18.5 Å². The second kappa shape index (κ2) is 10.9. The summed E-state index contributed by atoms with van der Waals surface area (Å²) in [4.78, 5) is 4.38. The molecule has 1 aromatic heterocycles. The number of hydrogen-bond acceptors (Lipinski definition) is 5. The smallest absolute Gasteiger partial charge is 0.213 e. The van der Waals surface area contributed by atoms with Crippen molar-refractivity contribution in [3.05, 3.63) is 22.8 Å². The van der Waals surface area contributed by atoms with Crippen molar-refractivity contribution in [1.82, 2.24) is 10.3 Å². The Labute approximate surface area is 125 Å². The summed E-state index contributed by atoms with van der Waals surface area (Å²) in [6, 6.07) is 3.57. The highest BCUT2D eigenvalue weighted by molar-refractivity contribution is 6.31. The first-order valence-corrected chi connectivity index (χ1v) is 7.21. The summed E-state index contributed by atoms with van der Waals surface area (Å²) in [5, 5.41) is 3.92. The van der Waals surface area contributed by atoms with Crippen molar-refractivity contribution in [2.75, 3.05) is 40.1 Å². The lowest BCUT2D eigenvalue weighted by molar-refractivity contribution is 0.0536. The number of hydrogen-bond donors (Lipinski definition) is 1. The Morgan fingerprint density at radius 3 is 2.75 bits per heavy atom. The molecule has 1 aromatic rings. The number of methoxy groups -OCH3 is 1. The molecule has 6 heteroatoms. The van der Waals surface area contributed by atoms with Crippen LogP contribution in [-0.4, -0.2) is 45.1 Å².